The zero-order valence-electron chi connectivity index (χ0n) is 12.3. The third-order valence-electron chi connectivity index (χ3n) is 4.18. The number of aromatic nitrogens is 2. The van der Waals surface area contributed by atoms with E-state index in [4.69, 9.17) is 5.11 Å². The van der Waals surface area contributed by atoms with Crippen molar-refractivity contribution >= 4 is 17.7 Å². The monoisotopic (exact) mass is 296 g/mol. The first kappa shape index (κ1) is 15.4. The number of hydrogen-bond donors (Lipinski definition) is 1. The largest absolute Gasteiger partial charge is 0.481 e. The van der Waals surface area contributed by atoms with E-state index in [9.17, 15) is 4.79 Å². The highest BCUT2D eigenvalue weighted by atomic mass is 32.2. The molecule has 0 aromatic carbocycles. The molecule has 1 heterocycles. The Labute approximate surface area is 125 Å². The Bertz CT molecular complexity index is 451. The van der Waals surface area contributed by atoms with Crippen molar-refractivity contribution in [2.75, 3.05) is 5.75 Å². The van der Waals surface area contributed by atoms with E-state index in [-0.39, 0.29) is 5.75 Å². The lowest BCUT2D eigenvalue weighted by Crippen LogP contribution is -2.19. The van der Waals surface area contributed by atoms with Crippen molar-refractivity contribution in [2.24, 2.45) is 11.8 Å². The first-order chi connectivity index (χ1) is 9.58. The van der Waals surface area contributed by atoms with Gasteiger partial charge in [0, 0.05) is 12.7 Å². The molecule has 0 aliphatic heterocycles. The number of rotatable bonds is 6. The summed E-state index contributed by atoms with van der Waals surface area (Å²) < 4.78 is 2.15. The summed E-state index contributed by atoms with van der Waals surface area (Å²) in [5.74, 6) is 0.928. The molecule has 0 bridgehead atoms. The van der Waals surface area contributed by atoms with Crippen molar-refractivity contribution < 1.29 is 9.90 Å². The minimum atomic E-state index is -0.786. The fraction of sp³-hybridized carbons (Fsp3) is 0.733. The van der Waals surface area contributed by atoms with Gasteiger partial charge < -0.3 is 9.67 Å². The van der Waals surface area contributed by atoms with Crippen molar-refractivity contribution in [1.82, 2.24) is 9.55 Å². The van der Waals surface area contributed by atoms with Crippen LogP contribution >= 0.6 is 11.8 Å². The van der Waals surface area contributed by atoms with Gasteiger partial charge in [-0.1, -0.05) is 37.9 Å². The number of imidazole rings is 1. The molecule has 1 fully saturated rings. The van der Waals surface area contributed by atoms with Gasteiger partial charge in [-0.25, -0.2) is 4.98 Å². The molecular formula is C15H24N2O2S. The average molecular weight is 296 g/mol. The maximum absolute atomic E-state index is 10.7. The number of thioether (sulfide) groups is 1. The standard InChI is InChI=1S/C15H24N2O2S/c1-3-12-4-6-13(7-5-12)9-17-8-11(2)16-15(17)20-10-14(18)19/h8,12-13H,3-7,9-10H2,1-2H3,(H,18,19). The van der Waals surface area contributed by atoms with E-state index >= 15 is 0 Å². The molecule has 4 nitrogen and oxygen atoms in total. The van der Waals surface area contributed by atoms with Crippen LogP contribution in [-0.4, -0.2) is 26.4 Å². The van der Waals surface area contributed by atoms with Gasteiger partial charge in [-0.3, -0.25) is 4.79 Å². The summed E-state index contributed by atoms with van der Waals surface area (Å²) in [5.41, 5.74) is 0.972. The van der Waals surface area contributed by atoms with Gasteiger partial charge in [-0.05, 0) is 31.6 Å². The minimum Gasteiger partial charge on any atom is -0.481 e. The first-order valence-electron chi connectivity index (χ1n) is 7.46. The number of carboxylic acid groups (broad SMARTS) is 1. The lowest BCUT2D eigenvalue weighted by atomic mass is 9.81. The van der Waals surface area contributed by atoms with Crippen molar-refractivity contribution in [2.45, 2.75) is 57.7 Å². The summed E-state index contributed by atoms with van der Waals surface area (Å²) in [6, 6.07) is 0. The van der Waals surface area contributed by atoms with Gasteiger partial charge in [0.2, 0.25) is 0 Å². The molecule has 1 aromatic rings. The molecule has 0 unspecified atom stereocenters. The Morgan fingerprint density at radius 1 is 1.40 bits per heavy atom. The van der Waals surface area contributed by atoms with Crippen LogP contribution in [0.15, 0.2) is 11.4 Å². The number of carboxylic acids is 1. The topological polar surface area (TPSA) is 55.1 Å². The Balaban J connectivity index is 1.93. The average Bonchev–Trinajstić information content (AvgIpc) is 2.77. The minimum absolute atomic E-state index is 0.0824. The summed E-state index contributed by atoms with van der Waals surface area (Å²) >= 11 is 1.32. The fourth-order valence-electron chi connectivity index (χ4n) is 3.00. The van der Waals surface area contributed by atoms with Crippen LogP contribution < -0.4 is 0 Å². The number of aryl methyl sites for hydroxylation is 1. The van der Waals surface area contributed by atoms with Gasteiger partial charge in [0.1, 0.15) is 0 Å². The molecule has 2 rings (SSSR count). The lowest BCUT2D eigenvalue weighted by molar-refractivity contribution is -0.133. The molecule has 0 saturated heterocycles. The van der Waals surface area contributed by atoms with Crippen LogP contribution in [0.4, 0.5) is 0 Å². The number of hydrogen-bond acceptors (Lipinski definition) is 3. The van der Waals surface area contributed by atoms with E-state index in [1.807, 2.05) is 6.92 Å². The predicted octanol–water partition coefficient (Wildman–Crippen LogP) is 3.58. The van der Waals surface area contributed by atoms with E-state index in [2.05, 4.69) is 22.7 Å². The highest BCUT2D eigenvalue weighted by molar-refractivity contribution is 7.99. The van der Waals surface area contributed by atoms with Crippen LogP contribution in [0.1, 0.15) is 44.7 Å². The van der Waals surface area contributed by atoms with Crippen molar-refractivity contribution in [3.63, 3.8) is 0 Å². The van der Waals surface area contributed by atoms with Gasteiger partial charge in [0.05, 0.1) is 11.4 Å². The van der Waals surface area contributed by atoms with E-state index in [1.54, 1.807) is 0 Å². The molecule has 1 aromatic heterocycles. The van der Waals surface area contributed by atoms with E-state index in [1.165, 1.54) is 43.9 Å². The molecule has 0 radical (unpaired) electrons. The molecule has 1 aliphatic carbocycles. The molecule has 0 atom stereocenters. The second kappa shape index (κ2) is 7.16. The molecule has 0 spiro atoms. The second-order valence-corrected chi connectivity index (χ2v) is 6.74. The zero-order valence-corrected chi connectivity index (χ0v) is 13.2. The third kappa shape index (κ3) is 4.27. The maximum Gasteiger partial charge on any atom is 0.313 e. The van der Waals surface area contributed by atoms with Gasteiger partial charge in [0.25, 0.3) is 0 Å². The predicted molar refractivity (Wildman–Crippen MR) is 81.1 cm³/mol. The molecular weight excluding hydrogens is 272 g/mol. The Morgan fingerprint density at radius 2 is 2.05 bits per heavy atom. The summed E-state index contributed by atoms with van der Waals surface area (Å²) in [7, 11) is 0. The normalized spacial score (nSPS) is 22.9. The SMILES string of the molecule is CCC1CCC(Cn2cc(C)nc2SCC(=O)O)CC1. The number of nitrogens with zero attached hydrogens (tertiary/aromatic N) is 2. The van der Waals surface area contributed by atoms with Crippen LogP contribution in [-0.2, 0) is 11.3 Å². The highest BCUT2D eigenvalue weighted by Gasteiger charge is 2.21. The van der Waals surface area contributed by atoms with Crippen LogP contribution in [0, 0.1) is 18.8 Å². The van der Waals surface area contributed by atoms with Crippen LogP contribution in [0.3, 0.4) is 0 Å². The third-order valence-corrected chi connectivity index (χ3v) is 5.16. The Kier molecular flexibility index (Phi) is 5.52. The first-order valence-corrected chi connectivity index (χ1v) is 8.45. The van der Waals surface area contributed by atoms with Crippen LogP contribution in [0.5, 0.6) is 0 Å². The van der Waals surface area contributed by atoms with Gasteiger partial charge >= 0.3 is 5.97 Å². The molecule has 0 amide bonds. The zero-order chi connectivity index (χ0) is 14.5. The summed E-state index contributed by atoms with van der Waals surface area (Å²) in [4.78, 5) is 15.1. The van der Waals surface area contributed by atoms with Gasteiger partial charge in [0.15, 0.2) is 5.16 Å². The number of carbonyl (C=O) groups is 1. The van der Waals surface area contributed by atoms with Crippen molar-refractivity contribution in [3.05, 3.63) is 11.9 Å². The Hall–Kier alpha value is -0.970. The molecule has 1 N–H and O–H groups in total. The second-order valence-electron chi connectivity index (χ2n) is 5.79. The van der Waals surface area contributed by atoms with Gasteiger partial charge in [-0.2, -0.15) is 0 Å². The Morgan fingerprint density at radius 3 is 2.65 bits per heavy atom. The molecule has 112 valence electrons. The molecule has 5 heteroatoms. The smallest absolute Gasteiger partial charge is 0.313 e. The van der Waals surface area contributed by atoms with E-state index < -0.39 is 5.97 Å². The maximum atomic E-state index is 10.7. The van der Waals surface area contributed by atoms with Crippen molar-refractivity contribution in [3.8, 4) is 0 Å². The molecule has 1 saturated carbocycles. The quantitative estimate of drug-likeness (QED) is 0.815. The van der Waals surface area contributed by atoms with Crippen molar-refractivity contribution in [1.29, 1.82) is 0 Å². The van der Waals surface area contributed by atoms with Crippen LogP contribution in [0.2, 0.25) is 0 Å². The van der Waals surface area contributed by atoms with E-state index in [0.29, 0.717) is 0 Å². The fourth-order valence-corrected chi connectivity index (χ4v) is 3.75. The summed E-state index contributed by atoms with van der Waals surface area (Å²) in [5, 5.41) is 9.64. The highest BCUT2D eigenvalue weighted by Crippen LogP contribution is 2.32. The number of aliphatic carboxylic acids is 1. The lowest BCUT2D eigenvalue weighted by Gasteiger charge is -2.28. The summed E-state index contributed by atoms with van der Waals surface area (Å²) in [6.45, 7) is 5.24. The van der Waals surface area contributed by atoms with Crippen LogP contribution in [0.25, 0.3) is 0 Å². The van der Waals surface area contributed by atoms with Gasteiger partial charge in [-0.15, -0.1) is 0 Å². The summed E-state index contributed by atoms with van der Waals surface area (Å²) in [6.07, 6.45) is 8.61. The van der Waals surface area contributed by atoms with E-state index in [0.717, 1.165) is 29.2 Å². The molecule has 1 aliphatic rings. The molecule has 20 heavy (non-hydrogen) atoms.